The van der Waals surface area contributed by atoms with Gasteiger partial charge in [-0.3, -0.25) is 0 Å². The van der Waals surface area contributed by atoms with E-state index in [1.165, 1.54) is 24.0 Å². The number of hydrogen-bond acceptors (Lipinski definition) is 3. The fraction of sp³-hybridized carbons (Fsp3) is 0.571. The van der Waals surface area contributed by atoms with Crippen LogP contribution in [0.1, 0.15) is 36.9 Å². The zero-order chi connectivity index (χ0) is 12.3. The molecular formula is C14H21NO2. The molecule has 2 rings (SSSR count). The van der Waals surface area contributed by atoms with Gasteiger partial charge in [0.2, 0.25) is 0 Å². The smallest absolute Gasteiger partial charge is 0.165 e. The molecule has 0 aliphatic carbocycles. The van der Waals surface area contributed by atoms with Crippen molar-refractivity contribution in [2.45, 2.75) is 32.2 Å². The van der Waals surface area contributed by atoms with Crippen LogP contribution in [-0.4, -0.2) is 20.8 Å². The Hall–Kier alpha value is -1.22. The van der Waals surface area contributed by atoms with E-state index in [-0.39, 0.29) is 0 Å². The molecule has 3 heteroatoms. The molecule has 1 aromatic rings. The normalized spacial score (nSPS) is 19.4. The van der Waals surface area contributed by atoms with Gasteiger partial charge in [-0.25, -0.2) is 0 Å². The Morgan fingerprint density at radius 1 is 1.29 bits per heavy atom. The highest BCUT2D eigenvalue weighted by Crippen LogP contribution is 2.40. The molecule has 0 amide bonds. The molecule has 0 saturated carbocycles. The monoisotopic (exact) mass is 235 g/mol. The van der Waals surface area contributed by atoms with Crippen molar-refractivity contribution in [1.82, 2.24) is 5.32 Å². The van der Waals surface area contributed by atoms with Crippen LogP contribution in [0.4, 0.5) is 0 Å². The van der Waals surface area contributed by atoms with Crippen LogP contribution in [0.2, 0.25) is 0 Å². The van der Waals surface area contributed by atoms with Crippen molar-refractivity contribution in [2.75, 3.05) is 20.8 Å². The fourth-order valence-electron chi connectivity index (χ4n) is 2.61. The van der Waals surface area contributed by atoms with E-state index in [1.807, 2.05) is 6.07 Å². The number of hydrogen-bond donors (Lipinski definition) is 1. The molecule has 94 valence electrons. The van der Waals surface area contributed by atoms with E-state index in [0.29, 0.717) is 6.04 Å². The van der Waals surface area contributed by atoms with Gasteiger partial charge in [-0.1, -0.05) is 13.0 Å². The van der Waals surface area contributed by atoms with Crippen molar-refractivity contribution in [3.05, 3.63) is 23.3 Å². The molecule has 0 bridgehead atoms. The van der Waals surface area contributed by atoms with Crippen LogP contribution in [0.5, 0.6) is 11.5 Å². The number of ether oxygens (including phenoxy) is 2. The van der Waals surface area contributed by atoms with Crippen LogP contribution in [0.15, 0.2) is 12.1 Å². The molecule has 1 fully saturated rings. The molecule has 0 aromatic heterocycles. The molecule has 0 spiro atoms. The quantitative estimate of drug-likeness (QED) is 0.870. The van der Waals surface area contributed by atoms with Gasteiger partial charge in [0.25, 0.3) is 0 Å². The maximum Gasteiger partial charge on any atom is 0.165 e. The Bertz CT molecular complexity index is 384. The zero-order valence-corrected chi connectivity index (χ0v) is 10.9. The third kappa shape index (κ3) is 2.25. The lowest BCUT2D eigenvalue weighted by molar-refractivity contribution is 0.347. The second-order valence-corrected chi connectivity index (χ2v) is 4.38. The summed E-state index contributed by atoms with van der Waals surface area (Å²) < 4.78 is 10.9. The molecular weight excluding hydrogens is 214 g/mol. The van der Waals surface area contributed by atoms with Gasteiger partial charge >= 0.3 is 0 Å². The third-order valence-electron chi connectivity index (χ3n) is 3.46. The summed E-state index contributed by atoms with van der Waals surface area (Å²) in [6.07, 6.45) is 3.43. The summed E-state index contributed by atoms with van der Waals surface area (Å²) in [5, 5.41) is 3.54. The Balaban J connectivity index is 2.49. The van der Waals surface area contributed by atoms with Crippen molar-refractivity contribution >= 4 is 0 Å². The van der Waals surface area contributed by atoms with Crippen LogP contribution < -0.4 is 14.8 Å². The van der Waals surface area contributed by atoms with Gasteiger partial charge in [0.15, 0.2) is 11.5 Å². The second kappa shape index (κ2) is 5.41. The van der Waals surface area contributed by atoms with E-state index in [0.717, 1.165) is 24.5 Å². The van der Waals surface area contributed by atoms with E-state index >= 15 is 0 Å². The first-order valence-electron chi connectivity index (χ1n) is 6.29. The zero-order valence-electron chi connectivity index (χ0n) is 10.9. The molecule has 17 heavy (non-hydrogen) atoms. The molecule has 1 saturated heterocycles. The lowest BCUT2D eigenvalue weighted by Gasteiger charge is -2.21. The molecule has 1 aromatic carbocycles. The van der Waals surface area contributed by atoms with Crippen molar-refractivity contribution in [2.24, 2.45) is 0 Å². The van der Waals surface area contributed by atoms with Crippen molar-refractivity contribution in [1.29, 1.82) is 0 Å². The average molecular weight is 235 g/mol. The van der Waals surface area contributed by atoms with Crippen molar-refractivity contribution in [3.63, 3.8) is 0 Å². The number of methoxy groups -OCH3 is 2. The summed E-state index contributed by atoms with van der Waals surface area (Å²) in [6.45, 7) is 3.27. The minimum atomic E-state index is 0.412. The third-order valence-corrected chi connectivity index (χ3v) is 3.46. The van der Waals surface area contributed by atoms with E-state index in [2.05, 4.69) is 18.3 Å². The molecule has 0 radical (unpaired) electrons. The number of nitrogens with one attached hydrogen (secondary N) is 1. The van der Waals surface area contributed by atoms with E-state index in [9.17, 15) is 0 Å². The SMILES string of the molecule is CCc1ccc(OC)c(OC)c1C1CCCN1. The van der Waals surface area contributed by atoms with E-state index in [4.69, 9.17) is 9.47 Å². The highest BCUT2D eigenvalue weighted by atomic mass is 16.5. The van der Waals surface area contributed by atoms with Crippen molar-refractivity contribution < 1.29 is 9.47 Å². The highest BCUT2D eigenvalue weighted by Gasteiger charge is 2.24. The maximum absolute atomic E-state index is 5.56. The van der Waals surface area contributed by atoms with Crippen molar-refractivity contribution in [3.8, 4) is 11.5 Å². The molecule has 1 heterocycles. The summed E-state index contributed by atoms with van der Waals surface area (Å²) in [5.41, 5.74) is 2.63. The first-order valence-corrected chi connectivity index (χ1v) is 6.29. The lowest BCUT2D eigenvalue weighted by atomic mass is 9.96. The Kier molecular flexibility index (Phi) is 3.89. The first kappa shape index (κ1) is 12.2. The lowest BCUT2D eigenvalue weighted by Crippen LogP contribution is -2.16. The highest BCUT2D eigenvalue weighted by molar-refractivity contribution is 5.52. The van der Waals surface area contributed by atoms with Crippen LogP contribution >= 0.6 is 0 Å². The summed E-state index contributed by atoms with van der Waals surface area (Å²) in [4.78, 5) is 0. The Morgan fingerprint density at radius 2 is 2.12 bits per heavy atom. The van der Waals surface area contributed by atoms with Crippen LogP contribution in [0, 0.1) is 0 Å². The molecule has 1 atom stereocenters. The second-order valence-electron chi connectivity index (χ2n) is 4.38. The van der Waals surface area contributed by atoms with Gasteiger partial charge in [-0.05, 0) is 37.4 Å². The van der Waals surface area contributed by atoms with E-state index < -0.39 is 0 Å². The Labute approximate surface area is 103 Å². The Morgan fingerprint density at radius 3 is 2.65 bits per heavy atom. The van der Waals surface area contributed by atoms with Gasteiger partial charge in [0.1, 0.15) is 0 Å². The summed E-state index contributed by atoms with van der Waals surface area (Å²) in [5.74, 6) is 1.72. The van der Waals surface area contributed by atoms with Crippen LogP contribution in [0.25, 0.3) is 0 Å². The van der Waals surface area contributed by atoms with Gasteiger partial charge < -0.3 is 14.8 Å². The number of rotatable bonds is 4. The predicted octanol–water partition coefficient (Wildman–Crippen LogP) is 2.69. The maximum atomic E-state index is 5.56. The average Bonchev–Trinajstić information content (AvgIpc) is 2.90. The summed E-state index contributed by atoms with van der Waals surface area (Å²) in [6, 6.07) is 4.56. The van der Waals surface area contributed by atoms with Crippen LogP contribution in [0.3, 0.4) is 0 Å². The largest absolute Gasteiger partial charge is 0.493 e. The van der Waals surface area contributed by atoms with E-state index in [1.54, 1.807) is 14.2 Å². The fourth-order valence-corrected chi connectivity index (χ4v) is 2.61. The van der Waals surface area contributed by atoms with Crippen LogP contribution in [-0.2, 0) is 6.42 Å². The van der Waals surface area contributed by atoms with Gasteiger partial charge in [0, 0.05) is 11.6 Å². The summed E-state index contributed by atoms with van der Waals surface area (Å²) >= 11 is 0. The molecule has 1 N–H and O–H groups in total. The molecule has 1 aliphatic heterocycles. The van der Waals surface area contributed by atoms with Gasteiger partial charge in [0.05, 0.1) is 14.2 Å². The topological polar surface area (TPSA) is 30.5 Å². The van der Waals surface area contributed by atoms with Gasteiger partial charge in [-0.2, -0.15) is 0 Å². The van der Waals surface area contributed by atoms with Gasteiger partial charge in [-0.15, -0.1) is 0 Å². The first-order chi connectivity index (χ1) is 8.31. The minimum absolute atomic E-state index is 0.412. The number of benzene rings is 1. The molecule has 1 aliphatic rings. The predicted molar refractivity (Wildman–Crippen MR) is 68.9 cm³/mol. The molecule has 3 nitrogen and oxygen atoms in total. The molecule has 1 unspecified atom stereocenters. The number of aryl methyl sites for hydroxylation is 1. The summed E-state index contributed by atoms with van der Waals surface area (Å²) in [7, 11) is 3.41. The standard InChI is InChI=1S/C14H21NO2/c1-4-10-7-8-12(16-2)14(17-3)13(10)11-6-5-9-15-11/h7-8,11,15H,4-6,9H2,1-3H3. The minimum Gasteiger partial charge on any atom is -0.493 e.